The van der Waals surface area contributed by atoms with Gasteiger partial charge in [-0.15, -0.1) is 10.2 Å². The van der Waals surface area contributed by atoms with Crippen LogP contribution in [-0.2, 0) is 0 Å². The summed E-state index contributed by atoms with van der Waals surface area (Å²) >= 11 is 1.28. The van der Waals surface area contributed by atoms with Gasteiger partial charge in [-0.2, -0.15) is 0 Å². The van der Waals surface area contributed by atoms with Gasteiger partial charge >= 0.3 is 0 Å². The second kappa shape index (κ2) is 5.97. The lowest BCUT2D eigenvalue weighted by Crippen LogP contribution is -2.31. The highest BCUT2D eigenvalue weighted by Gasteiger charge is 2.34. The molecule has 0 atom stereocenters. The summed E-state index contributed by atoms with van der Waals surface area (Å²) in [6.07, 6.45) is 1.52. The molecule has 0 fully saturated rings. The van der Waals surface area contributed by atoms with Crippen LogP contribution in [0.1, 0.15) is 20.7 Å². The zero-order valence-corrected chi connectivity index (χ0v) is 13.2. The maximum atomic E-state index is 12.2. The number of carbonyl (C=O) groups excluding carboxylic acids is 2. The van der Waals surface area contributed by atoms with Crippen LogP contribution in [0.3, 0.4) is 0 Å². The maximum absolute atomic E-state index is 12.2. The van der Waals surface area contributed by atoms with E-state index in [1.54, 1.807) is 36.4 Å². The van der Waals surface area contributed by atoms with Crippen molar-refractivity contribution in [3.05, 3.63) is 53.8 Å². The van der Waals surface area contributed by atoms with Gasteiger partial charge in [-0.05, 0) is 24.3 Å². The number of furan rings is 1. The summed E-state index contributed by atoms with van der Waals surface area (Å²) < 4.78 is 10.6. The summed E-state index contributed by atoms with van der Waals surface area (Å²) in [7, 11) is 0. The molecule has 4 rings (SSSR count). The maximum Gasteiger partial charge on any atom is 0.284 e. The fourth-order valence-corrected chi connectivity index (χ4v) is 3.12. The standard InChI is InChI=1S/C16H11N3O4S/c20-14-10-4-1-2-5-11(10)15(21)19(14)7-9-24-16-18-17-13(23-16)12-6-3-8-22-12/h1-6,8H,7,9H2. The van der Waals surface area contributed by atoms with Crippen LogP contribution in [0.5, 0.6) is 0 Å². The van der Waals surface area contributed by atoms with Crippen LogP contribution in [0.15, 0.2) is 56.7 Å². The molecule has 1 aliphatic heterocycles. The van der Waals surface area contributed by atoms with E-state index in [1.807, 2.05) is 0 Å². The van der Waals surface area contributed by atoms with E-state index in [2.05, 4.69) is 10.2 Å². The Labute approximate surface area is 140 Å². The Balaban J connectivity index is 1.39. The lowest BCUT2D eigenvalue weighted by atomic mass is 10.1. The predicted octanol–water partition coefficient (Wildman–Crippen LogP) is 2.72. The number of rotatable bonds is 5. The summed E-state index contributed by atoms with van der Waals surface area (Å²) in [5, 5.41) is 8.16. The van der Waals surface area contributed by atoms with E-state index in [-0.39, 0.29) is 18.4 Å². The molecular weight excluding hydrogens is 330 g/mol. The molecule has 2 aromatic heterocycles. The number of hydrogen-bond acceptors (Lipinski definition) is 7. The third kappa shape index (κ3) is 2.50. The smallest absolute Gasteiger partial charge is 0.284 e. The first kappa shape index (κ1) is 14.7. The average Bonchev–Trinajstić information content (AvgIpc) is 3.32. The van der Waals surface area contributed by atoms with E-state index in [0.29, 0.717) is 33.8 Å². The largest absolute Gasteiger partial charge is 0.459 e. The number of carbonyl (C=O) groups is 2. The molecule has 0 spiro atoms. The SMILES string of the molecule is O=C1c2ccccc2C(=O)N1CCSc1nnc(-c2ccco2)o1. The van der Waals surface area contributed by atoms with Crippen molar-refractivity contribution < 1.29 is 18.4 Å². The van der Waals surface area contributed by atoms with Crippen LogP contribution in [0, 0.1) is 0 Å². The van der Waals surface area contributed by atoms with E-state index in [0.717, 1.165) is 0 Å². The molecule has 0 N–H and O–H groups in total. The number of imide groups is 1. The van der Waals surface area contributed by atoms with Crippen molar-refractivity contribution in [2.24, 2.45) is 0 Å². The van der Waals surface area contributed by atoms with Gasteiger partial charge in [-0.3, -0.25) is 14.5 Å². The molecule has 2 amide bonds. The predicted molar refractivity (Wildman–Crippen MR) is 84.5 cm³/mol. The van der Waals surface area contributed by atoms with Gasteiger partial charge in [0, 0.05) is 12.3 Å². The lowest BCUT2D eigenvalue weighted by Gasteiger charge is -2.12. The van der Waals surface area contributed by atoms with Gasteiger partial charge < -0.3 is 8.83 Å². The van der Waals surface area contributed by atoms with E-state index in [4.69, 9.17) is 8.83 Å². The van der Waals surface area contributed by atoms with Crippen LogP contribution in [-0.4, -0.2) is 39.2 Å². The highest BCUT2D eigenvalue weighted by Crippen LogP contribution is 2.25. The molecule has 120 valence electrons. The third-order valence-electron chi connectivity index (χ3n) is 3.56. The molecule has 3 aromatic rings. The Morgan fingerprint density at radius 1 is 1.00 bits per heavy atom. The van der Waals surface area contributed by atoms with Crippen molar-refractivity contribution in [1.29, 1.82) is 0 Å². The van der Waals surface area contributed by atoms with Crippen molar-refractivity contribution in [3.63, 3.8) is 0 Å². The average molecular weight is 341 g/mol. The van der Waals surface area contributed by atoms with Crippen LogP contribution < -0.4 is 0 Å². The summed E-state index contributed by atoms with van der Waals surface area (Å²) in [5.74, 6) is 0.722. The molecule has 7 nitrogen and oxygen atoms in total. The number of nitrogens with zero attached hydrogens (tertiary/aromatic N) is 3. The van der Waals surface area contributed by atoms with Crippen LogP contribution in [0.25, 0.3) is 11.7 Å². The Bertz CT molecular complexity index is 869. The molecule has 8 heteroatoms. The van der Waals surface area contributed by atoms with Crippen LogP contribution in [0.4, 0.5) is 0 Å². The number of fused-ring (bicyclic) bond motifs is 1. The van der Waals surface area contributed by atoms with Gasteiger partial charge in [0.1, 0.15) is 0 Å². The first-order valence-electron chi connectivity index (χ1n) is 7.19. The number of thioether (sulfide) groups is 1. The van der Waals surface area contributed by atoms with E-state index in [9.17, 15) is 9.59 Å². The van der Waals surface area contributed by atoms with Crippen molar-refractivity contribution in [2.75, 3.05) is 12.3 Å². The molecule has 24 heavy (non-hydrogen) atoms. The second-order valence-electron chi connectivity index (χ2n) is 5.01. The minimum Gasteiger partial charge on any atom is -0.459 e. The zero-order valence-electron chi connectivity index (χ0n) is 12.3. The summed E-state index contributed by atoms with van der Waals surface area (Å²) in [4.78, 5) is 25.7. The third-order valence-corrected chi connectivity index (χ3v) is 4.36. The summed E-state index contributed by atoms with van der Waals surface area (Å²) in [5.41, 5.74) is 0.899. The topological polar surface area (TPSA) is 89.4 Å². The van der Waals surface area contributed by atoms with E-state index >= 15 is 0 Å². The molecule has 0 saturated heterocycles. The highest BCUT2D eigenvalue weighted by atomic mass is 32.2. The van der Waals surface area contributed by atoms with Gasteiger partial charge in [0.05, 0.1) is 17.4 Å². The minimum atomic E-state index is -0.266. The number of aromatic nitrogens is 2. The first-order valence-corrected chi connectivity index (χ1v) is 8.18. The molecule has 1 aromatic carbocycles. The molecule has 0 bridgehead atoms. The van der Waals surface area contributed by atoms with E-state index < -0.39 is 0 Å². The van der Waals surface area contributed by atoms with Crippen molar-refractivity contribution in [2.45, 2.75) is 5.22 Å². The second-order valence-corrected chi connectivity index (χ2v) is 6.05. The van der Waals surface area contributed by atoms with Gasteiger partial charge in [0.15, 0.2) is 5.76 Å². The minimum absolute atomic E-state index is 0.266. The molecular formula is C16H11N3O4S. The monoisotopic (exact) mass is 341 g/mol. The quantitative estimate of drug-likeness (QED) is 0.520. The summed E-state index contributed by atoms with van der Waals surface area (Å²) in [6, 6.07) is 10.3. The fraction of sp³-hybridized carbons (Fsp3) is 0.125. The highest BCUT2D eigenvalue weighted by molar-refractivity contribution is 7.99. The van der Waals surface area contributed by atoms with Gasteiger partial charge in [-0.1, -0.05) is 23.9 Å². The molecule has 0 unspecified atom stereocenters. The van der Waals surface area contributed by atoms with E-state index in [1.165, 1.54) is 22.9 Å². The van der Waals surface area contributed by atoms with Crippen molar-refractivity contribution in [3.8, 4) is 11.7 Å². The van der Waals surface area contributed by atoms with Crippen molar-refractivity contribution in [1.82, 2.24) is 15.1 Å². The normalized spacial score (nSPS) is 13.6. The molecule has 0 radical (unpaired) electrons. The lowest BCUT2D eigenvalue weighted by molar-refractivity contribution is 0.0664. The number of benzene rings is 1. The summed E-state index contributed by atoms with van der Waals surface area (Å²) in [6.45, 7) is 0.273. The van der Waals surface area contributed by atoms with Gasteiger partial charge in [0.25, 0.3) is 22.9 Å². The molecule has 1 aliphatic rings. The Hall–Kier alpha value is -2.87. The van der Waals surface area contributed by atoms with Gasteiger partial charge in [-0.25, -0.2) is 0 Å². The Morgan fingerprint density at radius 3 is 2.42 bits per heavy atom. The molecule has 0 aliphatic carbocycles. The van der Waals surface area contributed by atoms with Gasteiger partial charge in [0.2, 0.25) is 0 Å². The molecule has 0 saturated carbocycles. The molecule has 3 heterocycles. The van der Waals surface area contributed by atoms with Crippen LogP contribution >= 0.6 is 11.8 Å². The van der Waals surface area contributed by atoms with Crippen molar-refractivity contribution >= 4 is 23.6 Å². The number of hydrogen-bond donors (Lipinski definition) is 0. The Morgan fingerprint density at radius 2 is 1.75 bits per heavy atom. The fourth-order valence-electron chi connectivity index (χ4n) is 2.43. The first-order chi connectivity index (χ1) is 11.7. The number of amides is 2. The Kier molecular flexibility index (Phi) is 3.66. The zero-order chi connectivity index (χ0) is 16.5. The van der Waals surface area contributed by atoms with Crippen LogP contribution in [0.2, 0.25) is 0 Å².